The number of nitrogens with zero attached hydrogens (tertiary/aromatic N) is 1. The Hall–Kier alpha value is -1.30. The first-order chi connectivity index (χ1) is 9.99. The molecule has 0 radical (unpaired) electrons. The Balaban J connectivity index is 2.00. The standard InChI is InChI=1S/C15H21ClN2O3/c1-10-9-21-11(2)7-18(10)8-15(19)17-13-6-12(16)4-5-14(13)20-3/h4-6,10-11H,7-9H2,1-3H3,(H,17,19). The van der Waals surface area contributed by atoms with E-state index in [0.717, 1.165) is 6.54 Å². The molecular formula is C15H21ClN2O3. The molecule has 5 nitrogen and oxygen atoms in total. The van der Waals surface area contributed by atoms with Crippen LogP contribution in [0.2, 0.25) is 5.02 Å². The van der Waals surface area contributed by atoms with E-state index >= 15 is 0 Å². The van der Waals surface area contributed by atoms with Gasteiger partial charge in [-0.3, -0.25) is 9.69 Å². The van der Waals surface area contributed by atoms with Crippen molar-refractivity contribution < 1.29 is 14.3 Å². The average Bonchev–Trinajstić information content (AvgIpc) is 2.43. The van der Waals surface area contributed by atoms with Crippen molar-refractivity contribution in [2.75, 3.05) is 32.1 Å². The lowest BCUT2D eigenvalue weighted by molar-refractivity contribution is -0.121. The number of morpholine rings is 1. The Labute approximate surface area is 130 Å². The smallest absolute Gasteiger partial charge is 0.238 e. The summed E-state index contributed by atoms with van der Waals surface area (Å²) in [6, 6.07) is 5.37. The lowest BCUT2D eigenvalue weighted by Gasteiger charge is -2.36. The summed E-state index contributed by atoms with van der Waals surface area (Å²) >= 11 is 5.96. The minimum Gasteiger partial charge on any atom is -0.495 e. The molecule has 116 valence electrons. The van der Waals surface area contributed by atoms with E-state index in [0.29, 0.717) is 29.6 Å². The van der Waals surface area contributed by atoms with Crippen molar-refractivity contribution in [1.29, 1.82) is 0 Å². The number of halogens is 1. The van der Waals surface area contributed by atoms with Crippen LogP contribution in [0.1, 0.15) is 13.8 Å². The lowest BCUT2D eigenvalue weighted by Crippen LogP contribution is -2.50. The molecule has 1 N–H and O–H groups in total. The number of amides is 1. The summed E-state index contributed by atoms with van der Waals surface area (Å²) in [5, 5.41) is 3.41. The van der Waals surface area contributed by atoms with E-state index < -0.39 is 0 Å². The van der Waals surface area contributed by atoms with Gasteiger partial charge < -0.3 is 14.8 Å². The summed E-state index contributed by atoms with van der Waals surface area (Å²) in [6.45, 7) is 5.79. The molecule has 2 unspecified atom stereocenters. The number of anilines is 1. The quantitative estimate of drug-likeness (QED) is 0.927. The van der Waals surface area contributed by atoms with Crippen LogP contribution in [0.25, 0.3) is 0 Å². The van der Waals surface area contributed by atoms with E-state index in [-0.39, 0.29) is 18.1 Å². The number of carbonyl (C=O) groups is 1. The van der Waals surface area contributed by atoms with Gasteiger partial charge in [0.15, 0.2) is 0 Å². The second-order valence-electron chi connectivity index (χ2n) is 5.32. The highest BCUT2D eigenvalue weighted by molar-refractivity contribution is 6.31. The van der Waals surface area contributed by atoms with E-state index in [1.54, 1.807) is 25.3 Å². The molecule has 2 rings (SSSR count). The highest BCUT2D eigenvalue weighted by atomic mass is 35.5. The van der Waals surface area contributed by atoms with Gasteiger partial charge in [-0.2, -0.15) is 0 Å². The van der Waals surface area contributed by atoms with Crippen molar-refractivity contribution in [3.05, 3.63) is 23.2 Å². The maximum Gasteiger partial charge on any atom is 0.238 e. The Morgan fingerprint density at radius 3 is 3.00 bits per heavy atom. The Kier molecular flexibility index (Phi) is 5.45. The number of hydrogen-bond donors (Lipinski definition) is 1. The highest BCUT2D eigenvalue weighted by Gasteiger charge is 2.25. The molecule has 0 aromatic heterocycles. The third-order valence-corrected chi connectivity index (χ3v) is 3.75. The van der Waals surface area contributed by atoms with Crippen LogP contribution in [-0.4, -0.2) is 49.8 Å². The van der Waals surface area contributed by atoms with Crippen LogP contribution >= 0.6 is 11.6 Å². The predicted molar refractivity (Wildman–Crippen MR) is 83.1 cm³/mol. The number of ether oxygens (including phenoxy) is 2. The van der Waals surface area contributed by atoms with Crippen LogP contribution in [0.3, 0.4) is 0 Å². The number of methoxy groups -OCH3 is 1. The largest absolute Gasteiger partial charge is 0.495 e. The number of carbonyl (C=O) groups excluding carboxylic acids is 1. The highest BCUT2D eigenvalue weighted by Crippen LogP contribution is 2.27. The molecule has 0 bridgehead atoms. The number of nitrogens with one attached hydrogen (secondary N) is 1. The lowest BCUT2D eigenvalue weighted by atomic mass is 10.2. The molecule has 1 fully saturated rings. The normalized spacial score (nSPS) is 22.9. The molecular weight excluding hydrogens is 292 g/mol. The molecule has 1 saturated heterocycles. The van der Waals surface area contributed by atoms with Crippen LogP contribution < -0.4 is 10.1 Å². The fourth-order valence-corrected chi connectivity index (χ4v) is 2.52. The SMILES string of the molecule is COc1ccc(Cl)cc1NC(=O)CN1CC(C)OCC1C. The van der Waals surface area contributed by atoms with Crippen LogP contribution in [0.15, 0.2) is 18.2 Å². The van der Waals surface area contributed by atoms with Crippen LogP contribution in [0.5, 0.6) is 5.75 Å². The second kappa shape index (κ2) is 7.11. The van der Waals surface area contributed by atoms with Gasteiger partial charge in [-0.05, 0) is 32.0 Å². The van der Waals surface area contributed by atoms with Crippen molar-refractivity contribution >= 4 is 23.2 Å². The molecule has 21 heavy (non-hydrogen) atoms. The summed E-state index contributed by atoms with van der Waals surface area (Å²) in [5.41, 5.74) is 0.587. The molecule has 1 aromatic carbocycles. The van der Waals surface area contributed by atoms with Gasteiger partial charge >= 0.3 is 0 Å². The Morgan fingerprint density at radius 2 is 2.29 bits per heavy atom. The monoisotopic (exact) mass is 312 g/mol. The van der Waals surface area contributed by atoms with Gasteiger partial charge in [-0.15, -0.1) is 0 Å². The Morgan fingerprint density at radius 1 is 1.52 bits per heavy atom. The minimum atomic E-state index is -0.0866. The number of rotatable bonds is 4. The first-order valence-electron chi connectivity index (χ1n) is 6.98. The molecule has 1 heterocycles. The molecule has 0 aliphatic carbocycles. The van der Waals surface area contributed by atoms with Gasteiger partial charge in [-0.25, -0.2) is 0 Å². The third-order valence-electron chi connectivity index (χ3n) is 3.52. The van der Waals surface area contributed by atoms with Crippen LogP contribution in [0, 0.1) is 0 Å². The molecule has 2 atom stereocenters. The van der Waals surface area contributed by atoms with Gasteiger partial charge in [0, 0.05) is 17.6 Å². The molecule has 1 amide bonds. The maximum atomic E-state index is 12.2. The van der Waals surface area contributed by atoms with Crippen LogP contribution in [-0.2, 0) is 9.53 Å². The zero-order valence-electron chi connectivity index (χ0n) is 12.6. The van der Waals surface area contributed by atoms with Crippen molar-refractivity contribution in [1.82, 2.24) is 4.90 Å². The van der Waals surface area contributed by atoms with Crippen molar-refractivity contribution in [3.63, 3.8) is 0 Å². The van der Waals surface area contributed by atoms with Gasteiger partial charge in [0.05, 0.1) is 32.1 Å². The molecule has 0 saturated carbocycles. The minimum absolute atomic E-state index is 0.0866. The molecule has 0 spiro atoms. The average molecular weight is 313 g/mol. The number of benzene rings is 1. The fraction of sp³-hybridized carbons (Fsp3) is 0.533. The van der Waals surface area contributed by atoms with E-state index in [2.05, 4.69) is 17.1 Å². The maximum absolute atomic E-state index is 12.2. The molecule has 1 aromatic rings. The zero-order valence-corrected chi connectivity index (χ0v) is 13.3. The van der Waals surface area contributed by atoms with E-state index in [1.165, 1.54) is 0 Å². The third kappa shape index (κ3) is 4.33. The fourth-order valence-electron chi connectivity index (χ4n) is 2.34. The van der Waals surface area contributed by atoms with Crippen LogP contribution in [0.4, 0.5) is 5.69 Å². The van der Waals surface area contributed by atoms with Crippen molar-refractivity contribution in [3.8, 4) is 5.75 Å². The summed E-state index contributed by atoms with van der Waals surface area (Å²) in [7, 11) is 1.56. The van der Waals surface area contributed by atoms with E-state index in [4.69, 9.17) is 21.1 Å². The zero-order chi connectivity index (χ0) is 15.4. The van der Waals surface area contributed by atoms with E-state index in [9.17, 15) is 4.79 Å². The molecule has 1 aliphatic heterocycles. The summed E-state index contributed by atoms with van der Waals surface area (Å²) in [5.74, 6) is 0.507. The van der Waals surface area contributed by atoms with Gasteiger partial charge in [0.2, 0.25) is 5.91 Å². The second-order valence-corrected chi connectivity index (χ2v) is 5.75. The summed E-state index contributed by atoms with van der Waals surface area (Å²) in [4.78, 5) is 14.3. The first kappa shape index (κ1) is 16.1. The summed E-state index contributed by atoms with van der Waals surface area (Å²) < 4.78 is 10.8. The predicted octanol–water partition coefficient (Wildman–Crippen LogP) is 2.40. The summed E-state index contributed by atoms with van der Waals surface area (Å²) in [6.07, 6.45) is 0.148. The first-order valence-corrected chi connectivity index (χ1v) is 7.36. The van der Waals surface area contributed by atoms with Gasteiger partial charge in [0.1, 0.15) is 5.75 Å². The number of hydrogen-bond acceptors (Lipinski definition) is 4. The van der Waals surface area contributed by atoms with Gasteiger partial charge in [-0.1, -0.05) is 11.6 Å². The van der Waals surface area contributed by atoms with Crippen molar-refractivity contribution in [2.24, 2.45) is 0 Å². The molecule has 6 heteroatoms. The van der Waals surface area contributed by atoms with E-state index in [1.807, 2.05) is 6.92 Å². The van der Waals surface area contributed by atoms with Gasteiger partial charge in [0.25, 0.3) is 0 Å². The topological polar surface area (TPSA) is 50.8 Å². The van der Waals surface area contributed by atoms with Crippen molar-refractivity contribution in [2.45, 2.75) is 26.0 Å². The Bertz CT molecular complexity index is 510. The molecule has 1 aliphatic rings.